The summed E-state index contributed by atoms with van der Waals surface area (Å²) in [4.78, 5) is 0. The van der Waals surface area contributed by atoms with Crippen molar-refractivity contribution < 1.29 is 8.78 Å². The predicted molar refractivity (Wildman–Crippen MR) is 62.5 cm³/mol. The summed E-state index contributed by atoms with van der Waals surface area (Å²) in [5.41, 5.74) is 1.77. The molecule has 0 bridgehead atoms. The number of alkyl halides is 2. The van der Waals surface area contributed by atoms with Gasteiger partial charge in [0.2, 0.25) is 6.43 Å². The van der Waals surface area contributed by atoms with E-state index in [0.717, 1.165) is 17.7 Å². The fourth-order valence-electron chi connectivity index (χ4n) is 2.20. The first-order valence-electron chi connectivity index (χ1n) is 5.39. The molecule has 0 amide bonds. The normalized spacial score (nSPS) is 24.3. The number of rotatable bonds is 3. The van der Waals surface area contributed by atoms with Crippen molar-refractivity contribution in [1.82, 2.24) is 0 Å². The van der Waals surface area contributed by atoms with Gasteiger partial charge in [0.25, 0.3) is 0 Å². The number of nitrogens with one attached hydrogen (secondary N) is 1. The van der Waals surface area contributed by atoms with Crippen molar-refractivity contribution in [2.24, 2.45) is 5.92 Å². The van der Waals surface area contributed by atoms with E-state index in [1.54, 1.807) is 13.1 Å². The first-order valence-corrected chi connectivity index (χ1v) is 5.76. The van der Waals surface area contributed by atoms with Gasteiger partial charge >= 0.3 is 0 Å². The minimum absolute atomic E-state index is 0.0826. The Hall–Kier alpha value is -0.830. The summed E-state index contributed by atoms with van der Waals surface area (Å²) in [6.07, 6.45) is -0.835. The third-order valence-corrected chi connectivity index (χ3v) is 3.68. The molecular weight excluding hydrogens is 232 g/mol. The summed E-state index contributed by atoms with van der Waals surface area (Å²) in [5.74, 6) is -0.606. The summed E-state index contributed by atoms with van der Waals surface area (Å²) in [7, 11) is 1.80. The van der Waals surface area contributed by atoms with Crippen LogP contribution in [0.4, 0.5) is 14.5 Å². The molecule has 0 radical (unpaired) electrons. The second-order valence-electron chi connectivity index (χ2n) is 4.17. The molecule has 16 heavy (non-hydrogen) atoms. The summed E-state index contributed by atoms with van der Waals surface area (Å²) >= 11 is 6.06. The number of halogens is 3. The van der Waals surface area contributed by atoms with Gasteiger partial charge in [0.1, 0.15) is 0 Å². The SMILES string of the molecule is CNc1ccc(Cl)c(C2CCC2C(F)F)c1. The summed E-state index contributed by atoms with van der Waals surface area (Å²) in [5, 5.41) is 3.59. The maximum atomic E-state index is 12.7. The van der Waals surface area contributed by atoms with E-state index in [4.69, 9.17) is 11.6 Å². The van der Waals surface area contributed by atoms with Crippen LogP contribution >= 0.6 is 11.6 Å². The monoisotopic (exact) mass is 245 g/mol. The number of hydrogen-bond donors (Lipinski definition) is 1. The third kappa shape index (κ3) is 2.01. The Morgan fingerprint density at radius 3 is 2.62 bits per heavy atom. The molecule has 4 heteroatoms. The summed E-state index contributed by atoms with van der Waals surface area (Å²) in [6, 6.07) is 5.49. The van der Waals surface area contributed by atoms with Crippen molar-refractivity contribution in [3.8, 4) is 0 Å². The molecule has 1 saturated carbocycles. The number of hydrogen-bond acceptors (Lipinski definition) is 1. The Balaban J connectivity index is 2.26. The van der Waals surface area contributed by atoms with Crippen LogP contribution in [-0.2, 0) is 0 Å². The number of benzene rings is 1. The highest BCUT2D eigenvalue weighted by Gasteiger charge is 2.39. The quantitative estimate of drug-likeness (QED) is 0.844. The second-order valence-corrected chi connectivity index (χ2v) is 4.58. The van der Waals surface area contributed by atoms with Gasteiger partial charge in [-0.05, 0) is 42.5 Å². The van der Waals surface area contributed by atoms with Crippen LogP contribution in [-0.4, -0.2) is 13.5 Å². The lowest BCUT2D eigenvalue weighted by Gasteiger charge is -2.37. The van der Waals surface area contributed by atoms with Gasteiger partial charge in [0.05, 0.1) is 0 Å². The van der Waals surface area contributed by atoms with Crippen LogP contribution in [0.2, 0.25) is 5.02 Å². The van der Waals surface area contributed by atoms with Gasteiger partial charge < -0.3 is 5.32 Å². The van der Waals surface area contributed by atoms with E-state index in [2.05, 4.69) is 5.32 Å². The van der Waals surface area contributed by atoms with Gasteiger partial charge in [-0.2, -0.15) is 0 Å². The zero-order valence-electron chi connectivity index (χ0n) is 9.01. The van der Waals surface area contributed by atoms with Crippen LogP contribution in [0.1, 0.15) is 24.3 Å². The molecule has 0 saturated heterocycles. The smallest absolute Gasteiger partial charge is 0.242 e. The second kappa shape index (κ2) is 4.58. The lowest BCUT2D eigenvalue weighted by atomic mass is 9.70. The Morgan fingerprint density at radius 1 is 1.38 bits per heavy atom. The molecule has 2 rings (SSSR count). The molecule has 0 spiro atoms. The molecule has 0 aromatic heterocycles. The molecule has 0 aliphatic heterocycles. The zero-order chi connectivity index (χ0) is 11.7. The van der Waals surface area contributed by atoms with Gasteiger partial charge in [-0.1, -0.05) is 11.6 Å². The molecule has 2 atom stereocenters. The minimum atomic E-state index is -2.24. The topological polar surface area (TPSA) is 12.0 Å². The van der Waals surface area contributed by atoms with Gasteiger partial charge in [0, 0.05) is 23.7 Å². The highest BCUT2D eigenvalue weighted by atomic mass is 35.5. The first kappa shape index (κ1) is 11.6. The summed E-state index contributed by atoms with van der Waals surface area (Å²) in [6.45, 7) is 0. The molecular formula is C12H14ClF2N. The molecule has 1 N–H and O–H groups in total. The fourth-order valence-corrected chi connectivity index (χ4v) is 2.45. The van der Waals surface area contributed by atoms with E-state index >= 15 is 0 Å². The van der Waals surface area contributed by atoms with Crippen molar-refractivity contribution in [3.05, 3.63) is 28.8 Å². The van der Waals surface area contributed by atoms with E-state index in [9.17, 15) is 8.78 Å². The van der Waals surface area contributed by atoms with Crippen molar-refractivity contribution in [2.45, 2.75) is 25.2 Å². The van der Waals surface area contributed by atoms with Crippen LogP contribution in [0.25, 0.3) is 0 Å². The maximum absolute atomic E-state index is 12.7. The van der Waals surface area contributed by atoms with E-state index < -0.39 is 12.3 Å². The highest BCUT2D eigenvalue weighted by Crippen LogP contribution is 2.48. The van der Waals surface area contributed by atoms with Gasteiger partial charge in [-0.15, -0.1) is 0 Å². The molecule has 1 fully saturated rings. The first-order chi connectivity index (χ1) is 7.63. The Morgan fingerprint density at radius 2 is 2.12 bits per heavy atom. The van der Waals surface area contributed by atoms with E-state index in [0.29, 0.717) is 11.4 Å². The van der Waals surface area contributed by atoms with Crippen LogP contribution in [0.15, 0.2) is 18.2 Å². The van der Waals surface area contributed by atoms with Crippen LogP contribution in [0, 0.1) is 5.92 Å². The van der Waals surface area contributed by atoms with Crippen molar-refractivity contribution >= 4 is 17.3 Å². The largest absolute Gasteiger partial charge is 0.388 e. The molecule has 1 aromatic carbocycles. The standard InChI is InChI=1S/C12H14ClF2N/c1-16-7-2-5-11(13)10(6-7)8-3-4-9(8)12(14)15/h2,5-6,8-9,12,16H,3-4H2,1H3. The van der Waals surface area contributed by atoms with Crippen LogP contribution in [0.5, 0.6) is 0 Å². The predicted octanol–water partition coefficient (Wildman–Crippen LogP) is 4.14. The van der Waals surface area contributed by atoms with Crippen molar-refractivity contribution in [1.29, 1.82) is 0 Å². The van der Waals surface area contributed by atoms with Crippen molar-refractivity contribution in [2.75, 3.05) is 12.4 Å². The lowest BCUT2D eigenvalue weighted by molar-refractivity contribution is 0.0168. The molecule has 1 aliphatic carbocycles. The van der Waals surface area contributed by atoms with E-state index in [-0.39, 0.29) is 5.92 Å². The Labute approximate surface area is 98.8 Å². The average Bonchev–Trinajstić information content (AvgIpc) is 2.18. The average molecular weight is 246 g/mol. The molecule has 2 unspecified atom stereocenters. The van der Waals surface area contributed by atoms with Gasteiger partial charge in [-0.25, -0.2) is 8.78 Å². The van der Waals surface area contributed by atoms with Crippen LogP contribution in [0.3, 0.4) is 0 Å². The fraction of sp³-hybridized carbons (Fsp3) is 0.500. The molecule has 1 aromatic rings. The Kier molecular flexibility index (Phi) is 3.33. The maximum Gasteiger partial charge on any atom is 0.242 e. The van der Waals surface area contributed by atoms with E-state index in [1.165, 1.54) is 0 Å². The summed E-state index contributed by atoms with van der Waals surface area (Å²) < 4.78 is 25.3. The minimum Gasteiger partial charge on any atom is -0.388 e. The zero-order valence-corrected chi connectivity index (χ0v) is 9.77. The van der Waals surface area contributed by atoms with E-state index in [1.807, 2.05) is 12.1 Å². The third-order valence-electron chi connectivity index (χ3n) is 3.34. The Bertz CT molecular complexity index is 381. The number of anilines is 1. The molecule has 88 valence electrons. The lowest BCUT2D eigenvalue weighted by Crippen LogP contribution is -2.30. The molecule has 1 nitrogen and oxygen atoms in total. The molecule has 0 heterocycles. The highest BCUT2D eigenvalue weighted by molar-refractivity contribution is 6.31. The molecule has 1 aliphatic rings. The van der Waals surface area contributed by atoms with Crippen molar-refractivity contribution in [3.63, 3.8) is 0 Å². The van der Waals surface area contributed by atoms with Gasteiger partial charge in [0.15, 0.2) is 0 Å². The van der Waals surface area contributed by atoms with Gasteiger partial charge in [-0.3, -0.25) is 0 Å². The van der Waals surface area contributed by atoms with Crippen LogP contribution < -0.4 is 5.32 Å².